The Labute approximate surface area is 429 Å². The van der Waals surface area contributed by atoms with Gasteiger partial charge in [-0.25, -0.2) is 0 Å². The first-order chi connectivity index (χ1) is 33.7. The van der Waals surface area contributed by atoms with Gasteiger partial charge in [-0.2, -0.15) is 0 Å². The second-order valence-corrected chi connectivity index (χ2v) is 22.6. The summed E-state index contributed by atoms with van der Waals surface area (Å²) < 4.78 is 0. The molecule has 4 heteroatoms. The SMILES string of the molecule is CCCCCCCCCCCCCCCCCCCCCCCCCCCCCCCCCCCCCCCCCC(=O)NC(CO)C(O)CCCCCCCCCCCCCCCCCCC. The molecule has 0 aromatic rings. The number of hydrogen-bond acceptors (Lipinski definition) is 3. The van der Waals surface area contributed by atoms with E-state index in [-0.39, 0.29) is 12.5 Å². The van der Waals surface area contributed by atoms with Gasteiger partial charge in [0.1, 0.15) is 0 Å². The van der Waals surface area contributed by atoms with E-state index in [0.29, 0.717) is 12.8 Å². The maximum Gasteiger partial charge on any atom is 0.220 e. The van der Waals surface area contributed by atoms with Crippen molar-refractivity contribution in [3.05, 3.63) is 0 Å². The molecule has 0 radical (unpaired) electrons. The molecule has 0 rings (SSSR count). The van der Waals surface area contributed by atoms with Crippen LogP contribution in [0.25, 0.3) is 0 Å². The van der Waals surface area contributed by atoms with Crippen molar-refractivity contribution in [3.8, 4) is 0 Å². The van der Waals surface area contributed by atoms with E-state index in [4.69, 9.17) is 0 Å². The molecule has 0 spiro atoms. The number of nitrogens with one attached hydrogen (secondary N) is 1. The summed E-state index contributed by atoms with van der Waals surface area (Å²) in [5, 5.41) is 23.4. The molecule has 0 saturated carbocycles. The van der Waals surface area contributed by atoms with Crippen molar-refractivity contribution in [1.82, 2.24) is 5.32 Å². The summed E-state index contributed by atoms with van der Waals surface area (Å²) in [6.45, 7) is 4.41. The second kappa shape index (κ2) is 60.7. The van der Waals surface area contributed by atoms with Crippen LogP contribution in [0.1, 0.15) is 386 Å². The van der Waals surface area contributed by atoms with Crippen molar-refractivity contribution >= 4 is 5.91 Å². The van der Waals surface area contributed by atoms with Gasteiger partial charge >= 0.3 is 0 Å². The Hall–Kier alpha value is -0.610. The topological polar surface area (TPSA) is 69.6 Å². The first-order valence-corrected chi connectivity index (χ1v) is 32.2. The molecule has 408 valence electrons. The van der Waals surface area contributed by atoms with Crippen LogP contribution in [0.2, 0.25) is 0 Å². The molecule has 0 fully saturated rings. The minimum absolute atomic E-state index is 0.0212. The Bertz CT molecular complexity index is 910. The average Bonchev–Trinajstić information content (AvgIpc) is 3.34. The van der Waals surface area contributed by atoms with Crippen LogP contribution in [0.4, 0.5) is 0 Å². The highest BCUT2D eigenvalue weighted by Crippen LogP contribution is 2.19. The molecule has 0 aromatic heterocycles. The molecule has 0 aromatic carbocycles. The third-order valence-electron chi connectivity index (χ3n) is 15.6. The smallest absolute Gasteiger partial charge is 0.220 e. The Morgan fingerprint density at radius 2 is 0.471 bits per heavy atom. The average molecular weight is 961 g/mol. The number of aliphatic hydroxyl groups excluding tert-OH is 2. The maximum absolute atomic E-state index is 12.5. The number of hydrogen-bond donors (Lipinski definition) is 3. The monoisotopic (exact) mass is 960 g/mol. The number of amides is 1. The summed E-state index contributed by atoms with van der Waals surface area (Å²) in [6, 6.07) is -0.531. The molecule has 4 nitrogen and oxygen atoms in total. The van der Waals surface area contributed by atoms with Crippen molar-refractivity contribution in [2.24, 2.45) is 0 Å². The van der Waals surface area contributed by atoms with Gasteiger partial charge in [0, 0.05) is 6.42 Å². The Morgan fingerprint density at radius 1 is 0.294 bits per heavy atom. The van der Waals surface area contributed by atoms with Crippen LogP contribution >= 0.6 is 0 Å². The molecule has 3 N–H and O–H groups in total. The molecule has 68 heavy (non-hydrogen) atoms. The van der Waals surface area contributed by atoms with E-state index in [9.17, 15) is 15.0 Å². The lowest BCUT2D eigenvalue weighted by atomic mass is 10.0. The fraction of sp³-hybridized carbons (Fsp3) is 0.984. The highest BCUT2D eigenvalue weighted by molar-refractivity contribution is 5.76. The van der Waals surface area contributed by atoms with Gasteiger partial charge in [-0.15, -0.1) is 0 Å². The predicted octanol–water partition coefficient (Wildman–Crippen LogP) is 21.5. The standard InChI is InChI=1S/C64H129NO3/c1-3-5-7-9-11-13-15-17-19-21-22-23-24-25-26-27-28-29-30-31-32-33-34-35-36-37-38-39-40-41-42-44-46-48-50-52-54-56-58-60-64(68)65-62(61-66)63(67)59-57-55-53-51-49-47-45-43-20-18-16-14-12-10-8-6-4-2/h62-63,66-67H,3-61H2,1-2H3,(H,65,68). The Balaban J connectivity index is 3.32. The lowest BCUT2D eigenvalue weighted by Gasteiger charge is -2.22. The largest absolute Gasteiger partial charge is 0.394 e. The van der Waals surface area contributed by atoms with Crippen LogP contribution in [-0.4, -0.2) is 34.9 Å². The number of aliphatic hydroxyl groups is 2. The minimum atomic E-state index is -0.655. The molecule has 0 saturated heterocycles. The van der Waals surface area contributed by atoms with E-state index in [1.807, 2.05) is 0 Å². The summed E-state index contributed by atoms with van der Waals surface area (Å²) in [7, 11) is 0. The van der Waals surface area contributed by atoms with Crippen molar-refractivity contribution in [2.45, 2.75) is 398 Å². The van der Waals surface area contributed by atoms with Gasteiger partial charge in [0.15, 0.2) is 0 Å². The van der Waals surface area contributed by atoms with Crippen LogP contribution in [0.5, 0.6) is 0 Å². The highest BCUT2D eigenvalue weighted by Gasteiger charge is 2.20. The highest BCUT2D eigenvalue weighted by atomic mass is 16.3. The fourth-order valence-corrected chi connectivity index (χ4v) is 10.7. The first-order valence-electron chi connectivity index (χ1n) is 32.2. The third-order valence-corrected chi connectivity index (χ3v) is 15.6. The Kier molecular flexibility index (Phi) is 60.1. The molecule has 0 heterocycles. The number of carbonyl (C=O) groups is 1. The van der Waals surface area contributed by atoms with Crippen molar-refractivity contribution in [2.75, 3.05) is 6.61 Å². The van der Waals surface area contributed by atoms with E-state index in [1.54, 1.807) is 0 Å². The Morgan fingerprint density at radius 3 is 0.662 bits per heavy atom. The zero-order chi connectivity index (χ0) is 49.2. The summed E-state index contributed by atoms with van der Waals surface area (Å²) in [5.41, 5.74) is 0. The molecule has 0 aliphatic heterocycles. The third kappa shape index (κ3) is 56.3. The van der Waals surface area contributed by atoms with E-state index >= 15 is 0 Å². The van der Waals surface area contributed by atoms with Gasteiger partial charge in [0.25, 0.3) is 0 Å². The van der Waals surface area contributed by atoms with Crippen LogP contribution in [0, 0.1) is 0 Å². The van der Waals surface area contributed by atoms with E-state index in [0.717, 1.165) is 25.7 Å². The molecule has 2 unspecified atom stereocenters. The fourth-order valence-electron chi connectivity index (χ4n) is 10.7. The van der Waals surface area contributed by atoms with E-state index in [1.165, 1.54) is 334 Å². The van der Waals surface area contributed by atoms with E-state index < -0.39 is 12.1 Å². The molecule has 1 amide bonds. The number of carbonyl (C=O) groups excluding carboxylic acids is 1. The van der Waals surface area contributed by atoms with Crippen LogP contribution in [0.3, 0.4) is 0 Å². The molecule has 0 bridgehead atoms. The van der Waals surface area contributed by atoms with Crippen LogP contribution in [-0.2, 0) is 4.79 Å². The summed E-state index contributed by atoms with van der Waals surface area (Å²) >= 11 is 0. The van der Waals surface area contributed by atoms with Crippen molar-refractivity contribution in [3.63, 3.8) is 0 Å². The summed E-state index contributed by atoms with van der Waals surface area (Å²) in [6.07, 6.45) is 78.6. The summed E-state index contributed by atoms with van der Waals surface area (Å²) in [4.78, 5) is 12.5. The normalized spacial score (nSPS) is 12.6. The number of unbranched alkanes of at least 4 members (excludes halogenated alkanes) is 54. The molecular weight excluding hydrogens is 831 g/mol. The zero-order valence-electron chi connectivity index (χ0n) is 47.2. The zero-order valence-corrected chi connectivity index (χ0v) is 47.2. The van der Waals surface area contributed by atoms with Crippen molar-refractivity contribution in [1.29, 1.82) is 0 Å². The summed E-state index contributed by atoms with van der Waals surface area (Å²) in [5.74, 6) is -0.0212. The quantitative estimate of drug-likeness (QED) is 0.0532. The predicted molar refractivity (Wildman–Crippen MR) is 304 cm³/mol. The number of rotatable bonds is 61. The lowest BCUT2D eigenvalue weighted by molar-refractivity contribution is -0.123. The van der Waals surface area contributed by atoms with Crippen molar-refractivity contribution < 1.29 is 15.0 Å². The van der Waals surface area contributed by atoms with Gasteiger partial charge in [0.2, 0.25) is 5.91 Å². The van der Waals surface area contributed by atoms with Crippen LogP contribution < -0.4 is 5.32 Å². The lowest BCUT2D eigenvalue weighted by Crippen LogP contribution is -2.45. The van der Waals surface area contributed by atoms with Crippen LogP contribution in [0.15, 0.2) is 0 Å². The molecular formula is C64H129NO3. The molecule has 0 aliphatic carbocycles. The van der Waals surface area contributed by atoms with Gasteiger partial charge in [-0.05, 0) is 12.8 Å². The molecule has 2 atom stereocenters. The van der Waals surface area contributed by atoms with Gasteiger partial charge in [0.05, 0.1) is 18.8 Å². The second-order valence-electron chi connectivity index (χ2n) is 22.6. The maximum atomic E-state index is 12.5. The first kappa shape index (κ1) is 67.4. The minimum Gasteiger partial charge on any atom is -0.394 e. The van der Waals surface area contributed by atoms with Gasteiger partial charge in [-0.3, -0.25) is 4.79 Å². The van der Waals surface area contributed by atoms with Gasteiger partial charge < -0.3 is 15.5 Å². The molecule has 0 aliphatic rings. The van der Waals surface area contributed by atoms with Gasteiger partial charge in [-0.1, -0.05) is 367 Å². The van der Waals surface area contributed by atoms with E-state index in [2.05, 4.69) is 19.2 Å².